The van der Waals surface area contributed by atoms with Crippen LogP contribution >= 0.6 is 0 Å². The van der Waals surface area contributed by atoms with Crippen molar-refractivity contribution in [1.29, 1.82) is 0 Å². The minimum atomic E-state index is 0.132. The molecule has 0 N–H and O–H groups in total. The summed E-state index contributed by atoms with van der Waals surface area (Å²) in [5, 5.41) is 1.17. The first-order chi connectivity index (χ1) is 9.15. The molecule has 1 aromatic carbocycles. The Morgan fingerprint density at radius 3 is 2.68 bits per heavy atom. The van der Waals surface area contributed by atoms with E-state index < -0.39 is 0 Å². The van der Waals surface area contributed by atoms with Crippen LogP contribution in [0.1, 0.15) is 50.4 Å². The van der Waals surface area contributed by atoms with E-state index in [9.17, 15) is 4.79 Å². The van der Waals surface area contributed by atoms with Crippen LogP contribution in [0, 0.1) is 5.92 Å². The predicted molar refractivity (Wildman–Crippen MR) is 80.6 cm³/mol. The molecule has 1 heterocycles. The zero-order valence-electron chi connectivity index (χ0n) is 12.1. The second-order valence-corrected chi connectivity index (χ2v) is 5.36. The van der Waals surface area contributed by atoms with Gasteiger partial charge in [0.1, 0.15) is 0 Å². The standard InChI is InChI=1S/C17H23NO/c1-4-6-14(5-2)12-18-10-9-16-11-15(13(3)19)7-8-17(16)18/h7-11,14H,4-6,12H2,1-3H3/t14-/m1/s1. The summed E-state index contributed by atoms with van der Waals surface area (Å²) < 4.78 is 2.32. The summed E-state index contributed by atoms with van der Waals surface area (Å²) in [6.45, 7) is 7.20. The highest BCUT2D eigenvalue weighted by atomic mass is 16.1. The van der Waals surface area contributed by atoms with Crippen LogP contribution in [0.4, 0.5) is 0 Å². The topological polar surface area (TPSA) is 22.0 Å². The third-order valence-corrected chi connectivity index (χ3v) is 3.91. The number of hydrogen-bond acceptors (Lipinski definition) is 1. The lowest BCUT2D eigenvalue weighted by molar-refractivity contribution is 0.101. The first-order valence-corrected chi connectivity index (χ1v) is 7.25. The Labute approximate surface area is 115 Å². The van der Waals surface area contributed by atoms with Gasteiger partial charge in [-0.2, -0.15) is 0 Å². The lowest BCUT2D eigenvalue weighted by Crippen LogP contribution is -2.08. The van der Waals surface area contributed by atoms with Gasteiger partial charge in [-0.1, -0.05) is 26.7 Å². The van der Waals surface area contributed by atoms with E-state index in [0.29, 0.717) is 0 Å². The highest BCUT2D eigenvalue weighted by molar-refractivity contribution is 5.98. The van der Waals surface area contributed by atoms with Crippen LogP contribution in [0.25, 0.3) is 10.9 Å². The van der Waals surface area contributed by atoms with Crippen LogP contribution in [0.5, 0.6) is 0 Å². The average molecular weight is 257 g/mol. The van der Waals surface area contributed by atoms with Crippen molar-refractivity contribution in [3.8, 4) is 0 Å². The van der Waals surface area contributed by atoms with Gasteiger partial charge in [-0.05, 0) is 43.5 Å². The smallest absolute Gasteiger partial charge is 0.159 e. The molecule has 1 aromatic heterocycles. The number of rotatable bonds is 6. The minimum absolute atomic E-state index is 0.132. The number of aromatic nitrogens is 1. The van der Waals surface area contributed by atoms with Crippen molar-refractivity contribution in [2.24, 2.45) is 5.92 Å². The van der Waals surface area contributed by atoms with E-state index in [4.69, 9.17) is 0 Å². The highest BCUT2D eigenvalue weighted by Crippen LogP contribution is 2.21. The molecule has 0 bridgehead atoms. The fraction of sp³-hybridized carbons (Fsp3) is 0.471. The average Bonchev–Trinajstić information content (AvgIpc) is 2.80. The Kier molecular flexibility index (Phi) is 4.41. The van der Waals surface area contributed by atoms with Crippen LogP contribution in [0.3, 0.4) is 0 Å². The molecule has 0 aliphatic heterocycles. The highest BCUT2D eigenvalue weighted by Gasteiger charge is 2.09. The van der Waals surface area contributed by atoms with Crippen LogP contribution in [0.2, 0.25) is 0 Å². The molecule has 0 unspecified atom stereocenters. The molecule has 2 aromatic rings. The van der Waals surface area contributed by atoms with Gasteiger partial charge in [0.05, 0.1) is 0 Å². The quantitative estimate of drug-likeness (QED) is 0.689. The Morgan fingerprint density at radius 2 is 2.05 bits per heavy atom. The van der Waals surface area contributed by atoms with Crippen molar-refractivity contribution in [2.45, 2.75) is 46.6 Å². The number of fused-ring (bicyclic) bond motifs is 1. The molecule has 2 heteroatoms. The molecule has 0 radical (unpaired) electrons. The van der Waals surface area contributed by atoms with Crippen molar-refractivity contribution >= 4 is 16.7 Å². The van der Waals surface area contributed by atoms with Gasteiger partial charge in [0.25, 0.3) is 0 Å². The Hall–Kier alpha value is -1.57. The Bertz CT molecular complexity index is 568. The fourth-order valence-electron chi connectivity index (χ4n) is 2.69. The number of ketones is 1. The summed E-state index contributed by atoms with van der Waals surface area (Å²) >= 11 is 0. The van der Waals surface area contributed by atoms with Gasteiger partial charge >= 0.3 is 0 Å². The van der Waals surface area contributed by atoms with E-state index in [1.54, 1.807) is 6.92 Å². The fourth-order valence-corrected chi connectivity index (χ4v) is 2.69. The van der Waals surface area contributed by atoms with Crippen LogP contribution in [-0.4, -0.2) is 10.4 Å². The lowest BCUT2D eigenvalue weighted by atomic mass is 10.0. The van der Waals surface area contributed by atoms with Gasteiger partial charge in [0.2, 0.25) is 0 Å². The molecule has 19 heavy (non-hydrogen) atoms. The molecule has 0 saturated carbocycles. The van der Waals surface area contributed by atoms with Gasteiger partial charge in [-0.25, -0.2) is 0 Å². The van der Waals surface area contributed by atoms with Crippen LogP contribution in [0.15, 0.2) is 30.5 Å². The summed E-state index contributed by atoms with van der Waals surface area (Å²) in [5.74, 6) is 0.875. The zero-order chi connectivity index (χ0) is 13.8. The Morgan fingerprint density at radius 1 is 1.26 bits per heavy atom. The molecule has 2 rings (SSSR count). The van der Waals surface area contributed by atoms with Gasteiger partial charge in [0.15, 0.2) is 5.78 Å². The molecule has 0 saturated heterocycles. The molecule has 2 nitrogen and oxygen atoms in total. The summed E-state index contributed by atoms with van der Waals surface area (Å²) in [6, 6.07) is 8.11. The number of carbonyl (C=O) groups is 1. The first-order valence-electron chi connectivity index (χ1n) is 7.25. The van der Waals surface area contributed by atoms with E-state index in [1.807, 2.05) is 12.1 Å². The number of Topliss-reactive ketones (excluding diaryl/α,β-unsaturated/α-hetero) is 1. The summed E-state index contributed by atoms with van der Waals surface area (Å²) in [4.78, 5) is 11.4. The number of hydrogen-bond donors (Lipinski definition) is 0. The third kappa shape index (κ3) is 3.06. The maximum atomic E-state index is 11.4. The SMILES string of the molecule is CCC[C@@H](CC)Cn1ccc2cc(C(C)=O)ccc21. The summed E-state index contributed by atoms with van der Waals surface area (Å²) in [6.07, 6.45) is 5.89. The van der Waals surface area contributed by atoms with Gasteiger partial charge < -0.3 is 4.57 Å². The summed E-state index contributed by atoms with van der Waals surface area (Å²) in [5.41, 5.74) is 2.03. The molecular weight excluding hydrogens is 234 g/mol. The maximum Gasteiger partial charge on any atom is 0.159 e. The normalized spacial score (nSPS) is 12.8. The molecule has 102 valence electrons. The number of carbonyl (C=O) groups excluding carboxylic acids is 1. The van der Waals surface area contributed by atoms with E-state index in [-0.39, 0.29) is 5.78 Å². The van der Waals surface area contributed by atoms with Crippen molar-refractivity contribution in [3.05, 3.63) is 36.0 Å². The van der Waals surface area contributed by atoms with E-state index in [0.717, 1.165) is 18.0 Å². The predicted octanol–water partition coefficient (Wildman–Crippen LogP) is 4.67. The largest absolute Gasteiger partial charge is 0.347 e. The van der Waals surface area contributed by atoms with Crippen molar-refractivity contribution in [1.82, 2.24) is 4.57 Å². The molecule has 0 aliphatic rings. The molecule has 0 spiro atoms. The van der Waals surface area contributed by atoms with E-state index in [2.05, 4.69) is 36.7 Å². The van der Waals surface area contributed by atoms with Crippen LogP contribution < -0.4 is 0 Å². The van der Waals surface area contributed by atoms with Crippen molar-refractivity contribution in [3.63, 3.8) is 0 Å². The molecule has 0 amide bonds. The molecular formula is C17H23NO. The molecule has 0 fully saturated rings. The van der Waals surface area contributed by atoms with E-state index >= 15 is 0 Å². The maximum absolute atomic E-state index is 11.4. The third-order valence-electron chi connectivity index (χ3n) is 3.91. The second-order valence-electron chi connectivity index (χ2n) is 5.36. The molecule has 1 atom stereocenters. The minimum Gasteiger partial charge on any atom is -0.347 e. The lowest BCUT2D eigenvalue weighted by Gasteiger charge is -2.15. The van der Waals surface area contributed by atoms with E-state index in [1.165, 1.54) is 30.2 Å². The van der Waals surface area contributed by atoms with Crippen molar-refractivity contribution in [2.75, 3.05) is 0 Å². The van der Waals surface area contributed by atoms with Gasteiger partial charge in [-0.3, -0.25) is 4.79 Å². The summed E-state index contributed by atoms with van der Waals surface area (Å²) in [7, 11) is 0. The Balaban J connectivity index is 2.27. The zero-order valence-corrected chi connectivity index (χ0v) is 12.1. The number of nitrogens with zero attached hydrogens (tertiary/aromatic N) is 1. The van der Waals surface area contributed by atoms with Crippen LogP contribution in [-0.2, 0) is 6.54 Å². The molecule has 0 aliphatic carbocycles. The monoisotopic (exact) mass is 257 g/mol. The van der Waals surface area contributed by atoms with Gasteiger partial charge in [0, 0.05) is 29.2 Å². The van der Waals surface area contributed by atoms with Gasteiger partial charge in [-0.15, -0.1) is 0 Å². The van der Waals surface area contributed by atoms with Crippen molar-refractivity contribution < 1.29 is 4.79 Å². The first kappa shape index (κ1) is 13.9. The second kappa shape index (κ2) is 6.05. The number of benzene rings is 1.